The van der Waals surface area contributed by atoms with Gasteiger partial charge in [0.25, 0.3) is 0 Å². The van der Waals surface area contributed by atoms with Crippen molar-refractivity contribution in [2.24, 2.45) is 0 Å². The fourth-order valence-electron chi connectivity index (χ4n) is 2.35. The number of nitrogens with zero attached hydrogens (tertiary/aromatic N) is 2. The predicted molar refractivity (Wildman–Crippen MR) is 75.0 cm³/mol. The Morgan fingerprint density at radius 3 is 3.15 bits per heavy atom. The van der Waals surface area contributed by atoms with E-state index < -0.39 is 0 Å². The van der Waals surface area contributed by atoms with E-state index in [1.165, 1.54) is 11.1 Å². The second kappa shape index (κ2) is 5.63. The van der Waals surface area contributed by atoms with Crippen molar-refractivity contribution in [3.8, 4) is 5.75 Å². The number of hydrogen-bond donors (Lipinski definition) is 1. The molecular formula is C15H19N3O2. The van der Waals surface area contributed by atoms with Gasteiger partial charge in [0.15, 0.2) is 5.82 Å². The fraction of sp³-hybridized carbons (Fsp3) is 0.467. The van der Waals surface area contributed by atoms with Crippen LogP contribution >= 0.6 is 0 Å². The average Bonchev–Trinajstić information content (AvgIpc) is 3.07. The molecule has 106 valence electrons. The van der Waals surface area contributed by atoms with Crippen molar-refractivity contribution in [2.45, 2.75) is 32.2 Å². The van der Waals surface area contributed by atoms with Crippen LogP contribution in [0.1, 0.15) is 29.8 Å². The molecule has 1 atom stereocenters. The van der Waals surface area contributed by atoms with Crippen molar-refractivity contribution in [3.63, 3.8) is 0 Å². The van der Waals surface area contributed by atoms with Crippen LogP contribution in [-0.2, 0) is 19.3 Å². The van der Waals surface area contributed by atoms with E-state index in [4.69, 9.17) is 9.26 Å². The molecule has 0 bridgehead atoms. The van der Waals surface area contributed by atoms with Crippen molar-refractivity contribution in [1.29, 1.82) is 0 Å². The highest BCUT2D eigenvalue weighted by molar-refractivity contribution is 5.40. The van der Waals surface area contributed by atoms with Crippen molar-refractivity contribution in [3.05, 3.63) is 41.0 Å². The number of rotatable bonds is 5. The number of nitrogens with one attached hydrogen (secondary N) is 1. The summed E-state index contributed by atoms with van der Waals surface area (Å²) >= 11 is 0. The van der Waals surface area contributed by atoms with Gasteiger partial charge in [0.1, 0.15) is 5.75 Å². The largest absolute Gasteiger partial charge is 0.493 e. The minimum Gasteiger partial charge on any atom is -0.493 e. The van der Waals surface area contributed by atoms with Crippen LogP contribution in [-0.4, -0.2) is 29.8 Å². The molecule has 1 aliphatic rings. The molecule has 1 aromatic carbocycles. The molecule has 0 aliphatic carbocycles. The summed E-state index contributed by atoms with van der Waals surface area (Å²) in [7, 11) is 1.93. The minimum absolute atomic E-state index is 0.345. The Morgan fingerprint density at radius 2 is 2.30 bits per heavy atom. The third-order valence-corrected chi connectivity index (χ3v) is 3.60. The molecule has 3 rings (SSSR count). The number of hydrogen-bond acceptors (Lipinski definition) is 5. The molecule has 0 saturated carbocycles. The van der Waals surface area contributed by atoms with Gasteiger partial charge in [0.05, 0.1) is 13.0 Å². The molecule has 0 amide bonds. The zero-order valence-corrected chi connectivity index (χ0v) is 11.8. The highest BCUT2D eigenvalue weighted by Gasteiger charge is 2.14. The topological polar surface area (TPSA) is 60.2 Å². The van der Waals surface area contributed by atoms with Gasteiger partial charge in [-0.25, -0.2) is 0 Å². The van der Waals surface area contributed by atoms with Crippen LogP contribution < -0.4 is 10.1 Å². The highest BCUT2D eigenvalue weighted by atomic mass is 16.5. The molecule has 1 aromatic heterocycles. The lowest BCUT2D eigenvalue weighted by molar-refractivity contribution is 0.356. The molecule has 2 heterocycles. The van der Waals surface area contributed by atoms with E-state index in [-0.39, 0.29) is 0 Å². The van der Waals surface area contributed by atoms with Gasteiger partial charge in [-0.15, -0.1) is 0 Å². The van der Waals surface area contributed by atoms with Crippen LogP contribution in [0.3, 0.4) is 0 Å². The van der Waals surface area contributed by atoms with Gasteiger partial charge in [-0.1, -0.05) is 17.3 Å². The maximum absolute atomic E-state index is 5.51. The lowest BCUT2D eigenvalue weighted by Crippen LogP contribution is -2.24. The Morgan fingerprint density at radius 1 is 1.40 bits per heavy atom. The van der Waals surface area contributed by atoms with Crippen molar-refractivity contribution in [2.75, 3.05) is 13.7 Å². The van der Waals surface area contributed by atoms with E-state index in [0.717, 1.165) is 31.0 Å². The molecule has 1 aliphatic heterocycles. The Balaban J connectivity index is 1.68. The van der Waals surface area contributed by atoms with E-state index >= 15 is 0 Å². The zero-order valence-electron chi connectivity index (χ0n) is 11.8. The first kappa shape index (κ1) is 13.1. The number of aromatic nitrogens is 2. The Hall–Kier alpha value is -1.88. The van der Waals surface area contributed by atoms with Gasteiger partial charge < -0.3 is 14.6 Å². The number of fused-ring (bicyclic) bond motifs is 1. The van der Waals surface area contributed by atoms with E-state index in [1.807, 2.05) is 13.1 Å². The highest BCUT2D eigenvalue weighted by Crippen LogP contribution is 2.26. The maximum atomic E-state index is 5.51. The van der Waals surface area contributed by atoms with Crippen LogP contribution in [0.2, 0.25) is 0 Å². The van der Waals surface area contributed by atoms with E-state index in [9.17, 15) is 0 Å². The van der Waals surface area contributed by atoms with E-state index in [0.29, 0.717) is 18.4 Å². The monoisotopic (exact) mass is 273 g/mol. The third kappa shape index (κ3) is 2.82. The molecule has 2 aromatic rings. The summed E-state index contributed by atoms with van der Waals surface area (Å²) in [6.45, 7) is 2.88. The Kier molecular flexibility index (Phi) is 3.69. The SMILES string of the molecule is CNC(C)Cc1noc(Cc2ccc3c(c2)CCO3)n1. The summed E-state index contributed by atoms with van der Waals surface area (Å²) in [6, 6.07) is 6.60. The third-order valence-electron chi connectivity index (χ3n) is 3.60. The van der Waals surface area contributed by atoms with E-state index in [1.54, 1.807) is 0 Å². The van der Waals surface area contributed by atoms with Crippen molar-refractivity contribution in [1.82, 2.24) is 15.5 Å². The first-order chi connectivity index (χ1) is 9.74. The van der Waals surface area contributed by atoms with Crippen LogP contribution in [0.15, 0.2) is 22.7 Å². The van der Waals surface area contributed by atoms with Gasteiger partial charge in [-0.05, 0) is 31.2 Å². The molecule has 5 heteroatoms. The molecule has 5 nitrogen and oxygen atoms in total. The summed E-state index contributed by atoms with van der Waals surface area (Å²) in [5.41, 5.74) is 2.46. The van der Waals surface area contributed by atoms with Gasteiger partial charge in [-0.3, -0.25) is 0 Å². The molecular weight excluding hydrogens is 254 g/mol. The summed E-state index contributed by atoms with van der Waals surface area (Å²) in [6.07, 6.45) is 2.43. The molecule has 0 spiro atoms. The van der Waals surface area contributed by atoms with Gasteiger partial charge in [-0.2, -0.15) is 4.98 Å². The first-order valence-corrected chi connectivity index (χ1v) is 6.98. The van der Waals surface area contributed by atoms with Crippen LogP contribution in [0.4, 0.5) is 0 Å². The van der Waals surface area contributed by atoms with Crippen molar-refractivity contribution < 1.29 is 9.26 Å². The predicted octanol–water partition coefficient (Wildman–Crippen LogP) is 1.75. The lowest BCUT2D eigenvalue weighted by Gasteiger charge is -2.04. The van der Waals surface area contributed by atoms with Gasteiger partial charge in [0, 0.05) is 18.9 Å². The Bertz CT molecular complexity index is 595. The lowest BCUT2D eigenvalue weighted by atomic mass is 10.1. The molecule has 0 radical (unpaired) electrons. The van der Waals surface area contributed by atoms with Crippen LogP contribution in [0.25, 0.3) is 0 Å². The second-order valence-electron chi connectivity index (χ2n) is 5.22. The van der Waals surface area contributed by atoms with Crippen LogP contribution in [0, 0.1) is 0 Å². The quantitative estimate of drug-likeness (QED) is 0.899. The maximum Gasteiger partial charge on any atom is 0.231 e. The molecule has 1 N–H and O–H groups in total. The summed E-state index contributed by atoms with van der Waals surface area (Å²) in [5.74, 6) is 2.43. The van der Waals surface area contributed by atoms with Gasteiger partial charge >= 0.3 is 0 Å². The minimum atomic E-state index is 0.345. The van der Waals surface area contributed by atoms with E-state index in [2.05, 4.69) is 34.5 Å². The fourth-order valence-corrected chi connectivity index (χ4v) is 2.35. The molecule has 20 heavy (non-hydrogen) atoms. The number of ether oxygens (including phenoxy) is 1. The smallest absolute Gasteiger partial charge is 0.231 e. The zero-order chi connectivity index (χ0) is 13.9. The normalized spacial score (nSPS) is 14.9. The number of likely N-dealkylation sites (N-methyl/N-ethyl adjacent to an activating group) is 1. The summed E-state index contributed by atoms with van der Waals surface area (Å²) in [5, 5.41) is 7.19. The number of benzene rings is 1. The molecule has 0 fully saturated rings. The van der Waals surface area contributed by atoms with Crippen LogP contribution in [0.5, 0.6) is 5.75 Å². The standard InChI is InChI=1S/C15H19N3O2/c1-10(16-2)7-14-17-15(20-18-14)9-11-3-4-13-12(8-11)5-6-19-13/h3-4,8,10,16H,5-7,9H2,1-2H3. The molecule has 0 saturated heterocycles. The Labute approximate surface area is 118 Å². The second-order valence-corrected chi connectivity index (χ2v) is 5.22. The van der Waals surface area contributed by atoms with Crippen molar-refractivity contribution >= 4 is 0 Å². The molecule has 1 unspecified atom stereocenters. The first-order valence-electron chi connectivity index (χ1n) is 6.98. The van der Waals surface area contributed by atoms with Gasteiger partial charge in [0.2, 0.25) is 5.89 Å². The summed E-state index contributed by atoms with van der Waals surface area (Å²) < 4.78 is 10.8. The average molecular weight is 273 g/mol. The summed E-state index contributed by atoms with van der Waals surface area (Å²) in [4.78, 5) is 4.44.